The molecule has 1 fully saturated rings. The van der Waals surface area contributed by atoms with Gasteiger partial charge in [-0.05, 0) is 18.4 Å². The summed E-state index contributed by atoms with van der Waals surface area (Å²) in [4.78, 5) is 26.2. The molecule has 2 atom stereocenters. The van der Waals surface area contributed by atoms with Crippen LogP contribution in [0.2, 0.25) is 0 Å². The van der Waals surface area contributed by atoms with E-state index in [0.717, 1.165) is 5.56 Å². The van der Waals surface area contributed by atoms with Gasteiger partial charge in [-0.15, -0.1) is 0 Å². The number of carbonyl (C=O) groups excluding carboxylic acids is 1. The van der Waals surface area contributed by atoms with Crippen LogP contribution >= 0.6 is 0 Å². The highest BCUT2D eigenvalue weighted by Crippen LogP contribution is 2.25. The highest BCUT2D eigenvalue weighted by atomic mass is 16.6. The van der Waals surface area contributed by atoms with Gasteiger partial charge < -0.3 is 10.1 Å². The minimum atomic E-state index is -0.415. The van der Waals surface area contributed by atoms with Gasteiger partial charge in [0.05, 0.1) is 12.1 Å². The van der Waals surface area contributed by atoms with Crippen molar-refractivity contribution < 1.29 is 9.53 Å². The third-order valence-electron chi connectivity index (χ3n) is 4.10. The Morgan fingerprint density at radius 2 is 1.96 bits per heavy atom. The van der Waals surface area contributed by atoms with Crippen molar-refractivity contribution >= 4 is 18.0 Å². The molecular formula is C17H21N5O2. The summed E-state index contributed by atoms with van der Waals surface area (Å²) in [5.41, 5.74) is 1.13. The molecule has 0 bridgehead atoms. The maximum absolute atomic E-state index is 12.0. The third kappa shape index (κ3) is 3.29. The van der Waals surface area contributed by atoms with Crippen LogP contribution in [0.1, 0.15) is 32.4 Å². The zero-order chi connectivity index (χ0) is 17.1. The van der Waals surface area contributed by atoms with E-state index in [1.165, 1.54) is 11.2 Å². The van der Waals surface area contributed by atoms with Gasteiger partial charge in [-0.2, -0.15) is 4.98 Å². The first-order chi connectivity index (χ1) is 11.6. The van der Waals surface area contributed by atoms with E-state index >= 15 is 0 Å². The Morgan fingerprint density at radius 1 is 1.21 bits per heavy atom. The van der Waals surface area contributed by atoms with E-state index in [2.05, 4.69) is 20.3 Å². The Bertz CT molecular complexity index is 707. The number of hydrogen-bond donors (Lipinski definition) is 1. The topological polar surface area (TPSA) is 80.2 Å². The Kier molecular flexibility index (Phi) is 4.59. The highest BCUT2D eigenvalue weighted by molar-refractivity contribution is 5.88. The van der Waals surface area contributed by atoms with E-state index in [9.17, 15) is 4.79 Å². The van der Waals surface area contributed by atoms with Crippen LogP contribution in [0.4, 0.5) is 16.7 Å². The Balaban J connectivity index is 1.80. The molecule has 1 aliphatic heterocycles. The number of aromatic nitrogens is 3. The van der Waals surface area contributed by atoms with Gasteiger partial charge in [-0.1, -0.05) is 44.2 Å². The molecule has 7 nitrogen and oxygen atoms in total. The molecular weight excluding hydrogens is 306 g/mol. The van der Waals surface area contributed by atoms with Gasteiger partial charge in [0, 0.05) is 0 Å². The number of ether oxygens (including phenoxy) is 1. The number of cyclic esters (lactones) is 1. The first-order valence-electron chi connectivity index (χ1n) is 8.02. The van der Waals surface area contributed by atoms with Crippen LogP contribution < -0.4 is 10.2 Å². The van der Waals surface area contributed by atoms with Crippen molar-refractivity contribution in [2.45, 2.75) is 32.9 Å². The lowest BCUT2D eigenvalue weighted by Gasteiger charge is -2.22. The average Bonchev–Trinajstić information content (AvgIpc) is 2.98. The van der Waals surface area contributed by atoms with Gasteiger partial charge in [0.1, 0.15) is 12.9 Å². The van der Waals surface area contributed by atoms with E-state index in [4.69, 9.17) is 4.74 Å². The van der Waals surface area contributed by atoms with Crippen molar-refractivity contribution in [1.82, 2.24) is 15.0 Å². The molecule has 0 spiro atoms. The van der Waals surface area contributed by atoms with E-state index in [1.54, 1.807) is 0 Å². The quantitative estimate of drug-likeness (QED) is 0.909. The monoisotopic (exact) mass is 327 g/mol. The summed E-state index contributed by atoms with van der Waals surface area (Å²) >= 11 is 0. The van der Waals surface area contributed by atoms with Gasteiger partial charge in [-0.3, -0.25) is 0 Å². The van der Waals surface area contributed by atoms with E-state index in [1.807, 2.05) is 51.1 Å². The van der Waals surface area contributed by atoms with Crippen LogP contribution in [-0.2, 0) is 4.74 Å². The predicted molar refractivity (Wildman–Crippen MR) is 90.8 cm³/mol. The number of nitrogens with one attached hydrogen (secondary N) is 1. The lowest BCUT2D eigenvalue weighted by Crippen LogP contribution is -2.38. The largest absolute Gasteiger partial charge is 0.447 e. The number of carbonyl (C=O) groups is 1. The Hall–Kier alpha value is -2.70. The minimum Gasteiger partial charge on any atom is -0.447 e. The molecule has 1 aromatic carbocycles. The van der Waals surface area contributed by atoms with Gasteiger partial charge in [0.2, 0.25) is 11.9 Å². The Labute approximate surface area is 141 Å². The van der Waals surface area contributed by atoms with Crippen LogP contribution in [0.15, 0.2) is 36.7 Å². The maximum Gasteiger partial charge on any atom is 0.417 e. The number of nitrogens with zero attached hydrogens (tertiary/aromatic N) is 4. The first kappa shape index (κ1) is 16.2. The average molecular weight is 327 g/mol. The van der Waals surface area contributed by atoms with Crippen LogP contribution in [0, 0.1) is 5.92 Å². The first-order valence-corrected chi connectivity index (χ1v) is 8.02. The van der Waals surface area contributed by atoms with E-state index in [-0.39, 0.29) is 18.0 Å². The summed E-state index contributed by atoms with van der Waals surface area (Å²) < 4.78 is 5.15. The number of amides is 1. The third-order valence-corrected chi connectivity index (χ3v) is 4.10. The molecule has 2 aromatic rings. The summed E-state index contributed by atoms with van der Waals surface area (Å²) in [6, 6.07) is 9.98. The fraction of sp³-hybridized carbons (Fsp3) is 0.412. The molecule has 0 radical (unpaired) electrons. The number of rotatable bonds is 5. The van der Waals surface area contributed by atoms with E-state index < -0.39 is 6.09 Å². The zero-order valence-corrected chi connectivity index (χ0v) is 14.0. The standard InChI is InChI=1S/C17H21N5O2/c1-11(2)14-9-24-17(23)22(14)16-19-10-18-15(21-16)20-12(3)13-7-5-4-6-8-13/h4-8,10-12,14H,9H2,1-3H3,(H,18,19,20,21)/t12-,14?/m1/s1. The molecule has 1 aromatic heterocycles. The number of benzene rings is 1. The molecule has 1 saturated heterocycles. The molecule has 1 amide bonds. The van der Waals surface area contributed by atoms with Crippen molar-refractivity contribution in [2.24, 2.45) is 5.92 Å². The lowest BCUT2D eigenvalue weighted by atomic mass is 10.1. The van der Waals surface area contributed by atoms with Gasteiger partial charge in [-0.25, -0.2) is 19.7 Å². The minimum absolute atomic E-state index is 0.0351. The van der Waals surface area contributed by atoms with Crippen LogP contribution in [-0.4, -0.2) is 33.7 Å². The van der Waals surface area contributed by atoms with Crippen molar-refractivity contribution in [3.63, 3.8) is 0 Å². The molecule has 2 heterocycles. The maximum atomic E-state index is 12.0. The van der Waals surface area contributed by atoms with Gasteiger partial charge in [0.15, 0.2) is 0 Å². The summed E-state index contributed by atoms with van der Waals surface area (Å²) in [6.07, 6.45) is 0.993. The molecule has 0 aliphatic carbocycles. The van der Waals surface area contributed by atoms with Crippen molar-refractivity contribution in [3.05, 3.63) is 42.2 Å². The summed E-state index contributed by atoms with van der Waals surface area (Å²) in [6.45, 7) is 6.46. The lowest BCUT2D eigenvalue weighted by molar-refractivity contribution is 0.177. The van der Waals surface area contributed by atoms with Crippen LogP contribution in [0.5, 0.6) is 0 Å². The molecule has 1 N–H and O–H groups in total. The second kappa shape index (κ2) is 6.82. The predicted octanol–water partition coefficient (Wildman–Crippen LogP) is 3.03. The second-order valence-electron chi connectivity index (χ2n) is 6.14. The smallest absolute Gasteiger partial charge is 0.417 e. The molecule has 0 saturated carbocycles. The summed E-state index contributed by atoms with van der Waals surface area (Å²) in [5.74, 6) is 0.986. The molecule has 7 heteroatoms. The van der Waals surface area contributed by atoms with Crippen LogP contribution in [0.25, 0.3) is 0 Å². The van der Waals surface area contributed by atoms with Crippen molar-refractivity contribution in [1.29, 1.82) is 0 Å². The SMILES string of the molecule is CC(C)C1COC(=O)N1c1ncnc(N[C@H](C)c2ccccc2)n1. The van der Waals surface area contributed by atoms with Gasteiger partial charge in [0.25, 0.3) is 0 Å². The molecule has 1 aliphatic rings. The number of anilines is 2. The summed E-state index contributed by atoms with van der Waals surface area (Å²) in [5, 5.41) is 3.24. The van der Waals surface area contributed by atoms with Crippen molar-refractivity contribution in [2.75, 3.05) is 16.8 Å². The highest BCUT2D eigenvalue weighted by Gasteiger charge is 2.38. The van der Waals surface area contributed by atoms with E-state index in [0.29, 0.717) is 18.5 Å². The van der Waals surface area contributed by atoms with Crippen LogP contribution in [0.3, 0.4) is 0 Å². The fourth-order valence-corrected chi connectivity index (χ4v) is 2.65. The second-order valence-corrected chi connectivity index (χ2v) is 6.14. The molecule has 24 heavy (non-hydrogen) atoms. The molecule has 126 valence electrons. The Morgan fingerprint density at radius 3 is 2.67 bits per heavy atom. The molecule has 1 unspecified atom stereocenters. The van der Waals surface area contributed by atoms with Crippen molar-refractivity contribution in [3.8, 4) is 0 Å². The number of hydrogen-bond acceptors (Lipinski definition) is 6. The van der Waals surface area contributed by atoms with Gasteiger partial charge >= 0.3 is 6.09 Å². The zero-order valence-electron chi connectivity index (χ0n) is 14.0. The normalized spacial score (nSPS) is 18.6. The molecule has 3 rings (SSSR count). The summed E-state index contributed by atoms with van der Waals surface area (Å²) in [7, 11) is 0. The fourth-order valence-electron chi connectivity index (χ4n) is 2.65.